The van der Waals surface area contributed by atoms with Crippen LogP contribution >= 0.6 is 0 Å². The number of hydrogen-bond acceptors (Lipinski definition) is 3. The average Bonchev–Trinajstić information content (AvgIpc) is 3.07. The minimum Gasteiger partial charge on any atom is -0.477 e. The van der Waals surface area contributed by atoms with Crippen molar-refractivity contribution in [3.63, 3.8) is 0 Å². The molecule has 7 nitrogen and oxygen atoms in total. The van der Waals surface area contributed by atoms with Gasteiger partial charge in [0.25, 0.3) is 10.0 Å². The zero-order valence-electron chi connectivity index (χ0n) is 10.6. The van der Waals surface area contributed by atoms with Gasteiger partial charge in [-0.1, -0.05) is 0 Å². The highest BCUT2D eigenvalue weighted by Crippen LogP contribution is 2.21. The molecule has 0 aliphatic rings. The number of aromatic carboxylic acids is 1. The van der Waals surface area contributed by atoms with Crippen LogP contribution in [0.4, 0.5) is 5.69 Å². The number of aromatic amines is 2. The minimum absolute atomic E-state index is 0.130. The molecule has 21 heavy (non-hydrogen) atoms. The monoisotopic (exact) mass is 305 g/mol. The highest BCUT2D eigenvalue weighted by Gasteiger charge is 2.18. The Balaban J connectivity index is 1.92. The highest BCUT2D eigenvalue weighted by molar-refractivity contribution is 7.92. The quantitative estimate of drug-likeness (QED) is 0.590. The van der Waals surface area contributed by atoms with E-state index in [0.717, 1.165) is 23.2 Å². The van der Waals surface area contributed by atoms with Crippen LogP contribution in [0.2, 0.25) is 0 Å². The van der Waals surface area contributed by atoms with Crippen molar-refractivity contribution < 1.29 is 18.3 Å². The molecular weight excluding hydrogens is 294 g/mol. The van der Waals surface area contributed by atoms with E-state index in [1.165, 1.54) is 0 Å². The van der Waals surface area contributed by atoms with Crippen molar-refractivity contribution in [1.82, 2.24) is 9.97 Å². The van der Waals surface area contributed by atoms with Gasteiger partial charge in [-0.3, -0.25) is 4.72 Å². The molecule has 0 radical (unpaired) electrons. The second-order valence-electron chi connectivity index (χ2n) is 4.44. The first-order valence-corrected chi connectivity index (χ1v) is 7.46. The molecule has 0 atom stereocenters. The molecule has 0 saturated carbocycles. The molecule has 4 N–H and O–H groups in total. The van der Waals surface area contributed by atoms with Crippen molar-refractivity contribution in [3.8, 4) is 0 Å². The molecule has 108 valence electrons. The maximum atomic E-state index is 12.2. The maximum absolute atomic E-state index is 12.2. The predicted molar refractivity (Wildman–Crippen MR) is 76.9 cm³/mol. The van der Waals surface area contributed by atoms with Crippen LogP contribution in [0.3, 0.4) is 0 Å². The Bertz CT molecular complexity index is 924. The molecule has 0 unspecified atom stereocenters. The first kappa shape index (κ1) is 13.3. The summed E-state index contributed by atoms with van der Waals surface area (Å²) in [4.78, 5) is 16.0. The van der Waals surface area contributed by atoms with Crippen molar-refractivity contribution in [1.29, 1.82) is 0 Å². The fourth-order valence-corrected chi connectivity index (χ4v) is 3.03. The molecule has 0 fully saturated rings. The first-order chi connectivity index (χ1) is 9.95. The summed E-state index contributed by atoms with van der Waals surface area (Å²) in [6, 6.07) is 7.97. The summed E-state index contributed by atoms with van der Waals surface area (Å²) < 4.78 is 26.8. The number of aromatic nitrogens is 2. The van der Waals surface area contributed by atoms with Crippen LogP contribution in [0.5, 0.6) is 0 Å². The fourth-order valence-electron chi connectivity index (χ4n) is 1.98. The van der Waals surface area contributed by atoms with Crippen LogP contribution in [0.1, 0.15) is 10.5 Å². The van der Waals surface area contributed by atoms with Crippen molar-refractivity contribution in [2.24, 2.45) is 0 Å². The summed E-state index contributed by atoms with van der Waals surface area (Å²) in [5.74, 6) is -1.22. The van der Waals surface area contributed by atoms with Gasteiger partial charge in [0.2, 0.25) is 0 Å². The highest BCUT2D eigenvalue weighted by atomic mass is 32.2. The SMILES string of the molecule is O=C(O)c1cc(S(=O)(=O)Nc2ccc3[nH]ccc3c2)c[nH]1. The van der Waals surface area contributed by atoms with Crippen LogP contribution in [-0.2, 0) is 10.0 Å². The minimum atomic E-state index is -3.83. The molecule has 2 heterocycles. The van der Waals surface area contributed by atoms with Crippen LogP contribution in [0.25, 0.3) is 10.9 Å². The number of hydrogen-bond donors (Lipinski definition) is 4. The van der Waals surface area contributed by atoms with E-state index in [-0.39, 0.29) is 10.6 Å². The van der Waals surface area contributed by atoms with Gasteiger partial charge in [0.15, 0.2) is 0 Å². The number of fused-ring (bicyclic) bond motifs is 1. The molecule has 2 aromatic heterocycles. The normalized spacial score (nSPS) is 11.6. The number of H-pyrrole nitrogens is 2. The topological polar surface area (TPSA) is 115 Å². The summed E-state index contributed by atoms with van der Waals surface area (Å²) in [7, 11) is -3.83. The van der Waals surface area contributed by atoms with E-state index in [0.29, 0.717) is 5.69 Å². The zero-order valence-corrected chi connectivity index (χ0v) is 11.4. The lowest BCUT2D eigenvalue weighted by molar-refractivity contribution is 0.0691. The molecule has 3 rings (SSSR count). The molecule has 0 saturated heterocycles. The lowest BCUT2D eigenvalue weighted by Gasteiger charge is -2.06. The van der Waals surface area contributed by atoms with Crippen molar-refractivity contribution >= 4 is 32.6 Å². The maximum Gasteiger partial charge on any atom is 0.352 e. The summed E-state index contributed by atoms with van der Waals surface area (Å²) >= 11 is 0. The van der Waals surface area contributed by atoms with Crippen LogP contribution in [0.15, 0.2) is 47.6 Å². The summed E-state index contributed by atoms with van der Waals surface area (Å²) in [6.45, 7) is 0. The van der Waals surface area contributed by atoms with Gasteiger partial charge in [0.05, 0.1) is 0 Å². The standard InChI is InChI=1S/C13H11N3O4S/c17-13(18)12-6-10(7-15-12)21(19,20)16-9-1-2-11-8(5-9)3-4-14-11/h1-7,14-16H,(H,17,18). The largest absolute Gasteiger partial charge is 0.477 e. The smallest absolute Gasteiger partial charge is 0.352 e. The fraction of sp³-hybridized carbons (Fsp3) is 0. The molecule has 0 aliphatic heterocycles. The van der Waals surface area contributed by atoms with Crippen molar-refractivity contribution in [2.75, 3.05) is 4.72 Å². The van der Waals surface area contributed by atoms with Crippen molar-refractivity contribution in [2.45, 2.75) is 4.90 Å². The van der Waals surface area contributed by atoms with E-state index in [9.17, 15) is 13.2 Å². The Labute approximate surface area is 119 Å². The third-order valence-corrected chi connectivity index (χ3v) is 4.36. The van der Waals surface area contributed by atoms with E-state index in [4.69, 9.17) is 5.11 Å². The van der Waals surface area contributed by atoms with Gasteiger partial charge in [0, 0.05) is 29.0 Å². The molecule has 0 aliphatic carbocycles. The number of benzene rings is 1. The first-order valence-electron chi connectivity index (χ1n) is 5.97. The van der Waals surface area contributed by atoms with Gasteiger partial charge >= 0.3 is 5.97 Å². The van der Waals surface area contributed by atoms with E-state index in [1.807, 2.05) is 6.07 Å². The van der Waals surface area contributed by atoms with Gasteiger partial charge in [-0.15, -0.1) is 0 Å². The molecule has 0 bridgehead atoms. The van der Waals surface area contributed by atoms with Crippen molar-refractivity contribution in [3.05, 3.63) is 48.4 Å². The van der Waals surface area contributed by atoms with E-state index in [1.54, 1.807) is 24.4 Å². The molecule has 0 spiro atoms. The lowest BCUT2D eigenvalue weighted by atomic mass is 10.2. The van der Waals surface area contributed by atoms with Gasteiger partial charge in [-0.2, -0.15) is 0 Å². The van der Waals surface area contributed by atoms with Gasteiger partial charge in [-0.05, 0) is 30.3 Å². The van der Waals surface area contributed by atoms with E-state index >= 15 is 0 Å². The zero-order chi connectivity index (χ0) is 15.0. The predicted octanol–water partition coefficient (Wildman–Crippen LogP) is 1.99. The number of carboxylic acids is 1. The number of nitrogens with one attached hydrogen (secondary N) is 3. The Morgan fingerprint density at radius 2 is 1.95 bits per heavy atom. The number of anilines is 1. The lowest BCUT2D eigenvalue weighted by Crippen LogP contribution is -2.12. The second-order valence-corrected chi connectivity index (χ2v) is 6.12. The number of carbonyl (C=O) groups is 1. The van der Waals surface area contributed by atoms with E-state index < -0.39 is 16.0 Å². The van der Waals surface area contributed by atoms with Gasteiger partial charge in [0.1, 0.15) is 10.6 Å². The number of carboxylic acid groups (broad SMARTS) is 1. The number of sulfonamides is 1. The van der Waals surface area contributed by atoms with Gasteiger partial charge < -0.3 is 15.1 Å². The Morgan fingerprint density at radius 3 is 2.67 bits per heavy atom. The molecule has 3 aromatic rings. The summed E-state index contributed by atoms with van der Waals surface area (Å²) in [5, 5.41) is 9.67. The Kier molecular flexibility index (Phi) is 2.95. The third-order valence-electron chi connectivity index (χ3n) is 3.00. The Morgan fingerprint density at radius 1 is 1.14 bits per heavy atom. The molecule has 1 aromatic carbocycles. The molecular formula is C13H11N3O4S. The molecule has 8 heteroatoms. The molecule has 0 amide bonds. The van der Waals surface area contributed by atoms with E-state index in [2.05, 4.69) is 14.7 Å². The Hall–Kier alpha value is -2.74. The van der Waals surface area contributed by atoms with Crippen LogP contribution < -0.4 is 4.72 Å². The second kappa shape index (κ2) is 4.67. The average molecular weight is 305 g/mol. The number of rotatable bonds is 4. The third kappa shape index (κ3) is 2.48. The summed E-state index contributed by atoms with van der Waals surface area (Å²) in [6.07, 6.45) is 2.90. The van der Waals surface area contributed by atoms with Crippen LogP contribution in [0, 0.1) is 0 Å². The summed E-state index contributed by atoms with van der Waals surface area (Å²) in [5.41, 5.74) is 1.12. The van der Waals surface area contributed by atoms with Crippen LogP contribution in [-0.4, -0.2) is 29.5 Å². The van der Waals surface area contributed by atoms with Gasteiger partial charge in [-0.25, -0.2) is 13.2 Å².